The molecule has 2 N–H and O–H groups in total. The lowest BCUT2D eigenvalue weighted by Crippen LogP contribution is -2.38. The molecule has 1 saturated carbocycles. The first-order chi connectivity index (χ1) is 17.2. The van der Waals surface area contributed by atoms with Crippen LogP contribution in [0.25, 0.3) is 0 Å². The number of nitrogens with one attached hydrogen (secondary N) is 2. The summed E-state index contributed by atoms with van der Waals surface area (Å²) in [6.07, 6.45) is 0.0616. The number of alkyl halides is 4. The Morgan fingerprint density at radius 2 is 1.84 bits per heavy atom. The minimum atomic E-state index is -2.99. The third kappa shape index (κ3) is 6.38. The van der Waals surface area contributed by atoms with Crippen molar-refractivity contribution >= 4 is 23.8 Å². The monoisotopic (exact) mass is 543 g/mol. The van der Waals surface area contributed by atoms with Crippen molar-refractivity contribution < 1.29 is 36.6 Å². The molecule has 2 aliphatic rings. The molecule has 1 aromatic heterocycles. The highest BCUT2D eigenvalue weighted by molar-refractivity contribution is 7.99. The molecule has 0 radical (unpaired) electrons. The molecule has 2 amide bonds. The molecule has 0 spiro atoms. The van der Waals surface area contributed by atoms with E-state index < -0.39 is 54.2 Å². The highest BCUT2D eigenvalue weighted by Crippen LogP contribution is 2.43. The number of alkyl carbamates (subject to hydrolysis) is 1. The Hall–Kier alpha value is -3.22. The van der Waals surface area contributed by atoms with Crippen LogP contribution in [-0.4, -0.2) is 46.5 Å². The van der Waals surface area contributed by atoms with Crippen LogP contribution in [0.15, 0.2) is 40.2 Å². The molecule has 2 atom stereocenters. The van der Waals surface area contributed by atoms with E-state index in [2.05, 4.69) is 15.4 Å². The number of fused-ring (bicyclic) bond motifs is 1. The quantitative estimate of drug-likeness (QED) is 0.506. The number of benzene rings is 1. The number of nitrogens with zero attached hydrogens (tertiary/aromatic N) is 1. The topological polar surface area (TPSA) is 98.7 Å². The van der Waals surface area contributed by atoms with Gasteiger partial charge in [-0.1, -0.05) is 12.1 Å². The maximum atomic E-state index is 13.4. The van der Waals surface area contributed by atoms with E-state index in [1.54, 1.807) is 20.8 Å². The zero-order chi connectivity index (χ0) is 27.1. The molecule has 200 valence electrons. The van der Waals surface area contributed by atoms with Gasteiger partial charge in [-0.3, -0.25) is 9.59 Å². The molecular formula is C24H25F4N3O5S. The summed E-state index contributed by atoms with van der Waals surface area (Å²) in [6.45, 7) is 2.02. The van der Waals surface area contributed by atoms with E-state index in [1.807, 2.05) is 0 Å². The number of carbonyl (C=O) groups excluding carboxylic acids is 2. The van der Waals surface area contributed by atoms with Crippen LogP contribution in [0.2, 0.25) is 0 Å². The van der Waals surface area contributed by atoms with Gasteiger partial charge >= 0.3 is 12.7 Å². The summed E-state index contributed by atoms with van der Waals surface area (Å²) >= 11 is 1.16. The van der Waals surface area contributed by atoms with E-state index in [4.69, 9.17) is 4.74 Å². The third-order valence-corrected chi connectivity index (χ3v) is 6.81. The second kappa shape index (κ2) is 9.92. The number of rotatable bonds is 7. The minimum Gasteiger partial charge on any atom is -0.444 e. The number of hydrogen-bond acceptors (Lipinski definition) is 6. The fourth-order valence-corrected chi connectivity index (χ4v) is 5.07. The average Bonchev–Trinajstić information content (AvgIpc) is 3.16. The van der Waals surface area contributed by atoms with Crippen LogP contribution in [0.4, 0.5) is 22.4 Å². The van der Waals surface area contributed by atoms with Crippen molar-refractivity contribution in [2.45, 2.75) is 68.9 Å². The van der Waals surface area contributed by atoms with Crippen molar-refractivity contribution in [1.29, 1.82) is 0 Å². The summed E-state index contributed by atoms with van der Waals surface area (Å²) in [5.41, 5.74) is -0.582. The second-order valence-electron chi connectivity index (χ2n) is 9.74. The van der Waals surface area contributed by atoms with E-state index in [1.165, 1.54) is 35.0 Å². The summed E-state index contributed by atoms with van der Waals surface area (Å²) in [7, 11) is 0. The summed E-state index contributed by atoms with van der Waals surface area (Å²) in [6, 6.07) is 3.50. The molecule has 2 heterocycles. The molecular weight excluding hydrogens is 518 g/mol. The van der Waals surface area contributed by atoms with E-state index >= 15 is 0 Å². The van der Waals surface area contributed by atoms with Gasteiger partial charge in [-0.05, 0) is 38.5 Å². The van der Waals surface area contributed by atoms with Gasteiger partial charge in [0.25, 0.3) is 17.4 Å². The summed E-state index contributed by atoms with van der Waals surface area (Å²) < 4.78 is 62.6. The number of amides is 2. The Labute approximate surface area is 213 Å². The predicted molar refractivity (Wildman–Crippen MR) is 127 cm³/mol. The predicted octanol–water partition coefficient (Wildman–Crippen LogP) is 4.31. The Morgan fingerprint density at radius 3 is 2.41 bits per heavy atom. The van der Waals surface area contributed by atoms with Gasteiger partial charge in [0.2, 0.25) is 0 Å². The maximum Gasteiger partial charge on any atom is 0.408 e. The highest BCUT2D eigenvalue weighted by Gasteiger charge is 2.58. The van der Waals surface area contributed by atoms with Crippen LogP contribution in [0, 0.1) is 0 Å². The van der Waals surface area contributed by atoms with Crippen molar-refractivity contribution in [3.05, 3.63) is 57.5 Å². The Morgan fingerprint density at radius 1 is 1.19 bits per heavy atom. The zero-order valence-electron chi connectivity index (χ0n) is 20.1. The molecule has 2 aromatic rings. The number of thioether (sulfide) groups is 1. The Kier molecular flexibility index (Phi) is 7.19. The van der Waals surface area contributed by atoms with E-state index in [0.29, 0.717) is 10.5 Å². The first kappa shape index (κ1) is 26.8. The van der Waals surface area contributed by atoms with Crippen LogP contribution < -0.4 is 20.9 Å². The number of carbonyl (C=O) groups is 2. The second-order valence-corrected chi connectivity index (χ2v) is 10.8. The third-order valence-electron chi connectivity index (χ3n) is 5.58. The first-order valence-corrected chi connectivity index (χ1v) is 12.3. The maximum absolute atomic E-state index is 13.4. The first-order valence-electron chi connectivity index (χ1n) is 11.4. The van der Waals surface area contributed by atoms with Gasteiger partial charge in [-0.25, -0.2) is 13.6 Å². The molecule has 0 unspecified atom stereocenters. The number of halogens is 4. The van der Waals surface area contributed by atoms with Crippen LogP contribution in [-0.2, 0) is 11.3 Å². The molecule has 4 rings (SSSR count). The number of pyridine rings is 1. The molecule has 13 heteroatoms. The lowest BCUT2D eigenvalue weighted by Gasteiger charge is -2.22. The summed E-state index contributed by atoms with van der Waals surface area (Å²) in [5, 5.41) is 4.94. The SMILES string of the molecule is CC(C)(C)OC(=O)N[C@H]1CSc2c(C(=O)N[C@@H]3CC3(F)F)cn(Cc3ccc(OC(F)F)cc3)c(=O)c21. The van der Waals surface area contributed by atoms with E-state index in [0.717, 1.165) is 11.8 Å². The molecule has 0 bridgehead atoms. The fourth-order valence-electron chi connectivity index (χ4n) is 3.80. The van der Waals surface area contributed by atoms with E-state index in [9.17, 15) is 31.9 Å². The molecule has 37 heavy (non-hydrogen) atoms. The van der Waals surface area contributed by atoms with Crippen molar-refractivity contribution in [1.82, 2.24) is 15.2 Å². The van der Waals surface area contributed by atoms with Gasteiger partial charge in [0.1, 0.15) is 11.4 Å². The smallest absolute Gasteiger partial charge is 0.408 e. The van der Waals surface area contributed by atoms with Crippen LogP contribution in [0.5, 0.6) is 5.75 Å². The standard InChI is InChI=1S/C24H25F4N3O5S/c1-23(2,3)36-22(34)29-15-11-37-18-14(19(32)30-16-8-24(16,27)28)10-31(20(33)17(15)18)9-12-4-6-13(7-5-12)35-21(25)26/h4-7,10,15-16,21H,8-9,11H2,1-3H3,(H,29,34)(H,30,32)/t15-,16+/m0/s1. The van der Waals surface area contributed by atoms with Crippen molar-refractivity contribution in [3.63, 3.8) is 0 Å². The minimum absolute atomic E-state index is 0.0217. The van der Waals surface area contributed by atoms with E-state index in [-0.39, 0.29) is 29.2 Å². The largest absolute Gasteiger partial charge is 0.444 e. The average molecular weight is 544 g/mol. The molecule has 1 aliphatic heterocycles. The van der Waals surface area contributed by atoms with Crippen LogP contribution in [0.1, 0.15) is 54.7 Å². The normalized spacial score (nSPS) is 19.8. The van der Waals surface area contributed by atoms with Crippen LogP contribution >= 0.6 is 11.8 Å². The highest BCUT2D eigenvalue weighted by atomic mass is 32.2. The summed E-state index contributed by atoms with van der Waals surface area (Å²) in [4.78, 5) is 39.1. The molecule has 0 saturated heterocycles. The lowest BCUT2D eigenvalue weighted by atomic mass is 10.1. The molecule has 8 nitrogen and oxygen atoms in total. The summed E-state index contributed by atoms with van der Waals surface area (Å²) in [5.74, 6) is -3.59. The molecule has 1 fully saturated rings. The van der Waals surface area contributed by atoms with Crippen molar-refractivity contribution in [2.75, 3.05) is 5.75 Å². The van der Waals surface area contributed by atoms with Crippen molar-refractivity contribution in [3.8, 4) is 5.75 Å². The number of aromatic nitrogens is 1. The lowest BCUT2D eigenvalue weighted by molar-refractivity contribution is -0.0498. The fraction of sp³-hybridized carbons (Fsp3) is 0.458. The van der Waals surface area contributed by atoms with Gasteiger partial charge in [0.15, 0.2) is 0 Å². The van der Waals surface area contributed by atoms with Gasteiger partial charge in [0.05, 0.1) is 29.8 Å². The Balaban J connectivity index is 1.66. The van der Waals surface area contributed by atoms with Crippen LogP contribution in [0.3, 0.4) is 0 Å². The molecule has 1 aliphatic carbocycles. The van der Waals surface area contributed by atoms with Gasteiger partial charge in [-0.2, -0.15) is 8.78 Å². The van der Waals surface area contributed by atoms with Crippen molar-refractivity contribution in [2.24, 2.45) is 0 Å². The zero-order valence-corrected chi connectivity index (χ0v) is 21.0. The van der Waals surface area contributed by atoms with Gasteiger partial charge < -0.3 is 24.7 Å². The number of ether oxygens (including phenoxy) is 2. The van der Waals surface area contributed by atoms with Gasteiger partial charge in [-0.15, -0.1) is 11.8 Å². The Bertz CT molecular complexity index is 1260. The molecule has 1 aromatic carbocycles. The van der Waals surface area contributed by atoms with Gasteiger partial charge in [0, 0.05) is 23.3 Å². The number of hydrogen-bond donors (Lipinski definition) is 2.